The van der Waals surface area contributed by atoms with Crippen LogP contribution in [-0.2, 0) is 18.9 Å². The van der Waals surface area contributed by atoms with Gasteiger partial charge in [0, 0.05) is 6.42 Å². The quantitative estimate of drug-likeness (QED) is 0.371. The average Bonchev–Trinajstić information content (AvgIpc) is 2.13. The fraction of sp³-hybridized carbons (Fsp3) is 0.625. The molecule has 2 atom stereocenters. The first-order chi connectivity index (χ1) is 8.05. The minimum absolute atomic E-state index is 0.394. The Kier molecular flexibility index (Phi) is 5.96. The Bertz CT molecular complexity index is 384. The molecule has 0 aliphatic carbocycles. The van der Waals surface area contributed by atoms with Crippen LogP contribution < -0.4 is 0 Å². The maximum Gasteiger partial charge on any atom is 0.339 e. The van der Waals surface area contributed by atoms with Crippen LogP contribution in [0.25, 0.3) is 0 Å². The van der Waals surface area contributed by atoms with Crippen molar-refractivity contribution in [2.75, 3.05) is 0 Å². The zero-order valence-electron chi connectivity index (χ0n) is 9.09. The van der Waals surface area contributed by atoms with Gasteiger partial charge in [-0.25, -0.2) is 0 Å². The molecule has 10 heteroatoms. The summed E-state index contributed by atoms with van der Waals surface area (Å²) in [5.41, 5.74) is -2.15. The van der Waals surface area contributed by atoms with Crippen molar-refractivity contribution in [3.05, 3.63) is 0 Å². The van der Waals surface area contributed by atoms with Gasteiger partial charge in [-0.3, -0.25) is 18.9 Å². The van der Waals surface area contributed by atoms with Crippen molar-refractivity contribution in [3.8, 4) is 0 Å². The van der Waals surface area contributed by atoms with E-state index >= 15 is 0 Å². The summed E-state index contributed by atoms with van der Waals surface area (Å²) in [7, 11) is -4.98. The van der Waals surface area contributed by atoms with E-state index in [0.29, 0.717) is 0 Å². The first-order valence-corrected chi connectivity index (χ1v) is 6.46. The van der Waals surface area contributed by atoms with Crippen LogP contribution in [0.3, 0.4) is 0 Å². The van der Waals surface area contributed by atoms with Gasteiger partial charge in [0.25, 0.3) is 0 Å². The van der Waals surface area contributed by atoms with E-state index in [1.165, 1.54) is 0 Å². The number of carboxylic acids is 3. The van der Waals surface area contributed by atoms with E-state index in [-0.39, 0.29) is 0 Å². The molecule has 0 rings (SSSR count). The summed E-state index contributed by atoms with van der Waals surface area (Å²) in [6.45, 7) is 0. The highest BCUT2D eigenvalue weighted by atomic mass is 31.2. The summed E-state index contributed by atoms with van der Waals surface area (Å²) in [5.74, 6) is -6.01. The van der Waals surface area contributed by atoms with Crippen molar-refractivity contribution in [2.24, 2.45) is 5.92 Å². The molecule has 0 amide bonds. The normalized spacial score (nSPS) is 14.8. The van der Waals surface area contributed by atoms with E-state index < -0.39 is 56.3 Å². The second-order valence-electron chi connectivity index (χ2n) is 3.65. The Morgan fingerprint density at radius 3 is 1.78 bits per heavy atom. The molecule has 5 N–H and O–H groups in total. The maximum absolute atomic E-state index is 10.9. The third-order valence-corrected chi connectivity index (χ3v) is 3.50. The highest BCUT2D eigenvalue weighted by Gasteiger charge is 2.39. The summed E-state index contributed by atoms with van der Waals surface area (Å²) in [4.78, 5) is 49.2. The van der Waals surface area contributed by atoms with Gasteiger partial charge < -0.3 is 25.1 Å². The molecule has 0 fully saturated rings. The van der Waals surface area contributed by atoms with Crippen molar-refractivity contribution in [3.63, 3.8) is 0 Å². The van der Waals surface area contributed by atoms with Crippen LogP contribution in [0, 0.1) is 5.92 Å². The fourth-order valence-electron chi connectivity index (χ4n) is 1.29. The molecule has 0 heterocycles. The number of carboxylic acid groups (broad SMARTS) is 3. The third kappa shape index (κ3) is 5.76. The smallest absolute Gasteiger partial charge is 0.339 e. The largest absolute Gasteiger partial charge is 0.481 e. The Balaban J connectivity index is 4.84. The fourth-order valence-corrected chi connectivity index (χ4v) is 2.11. The number of hydrogen-bond acceptors (Lipinski definition) is 4. The zero-order chi connectivity index (χ0) is 14.5. The number of carbonyl (C=O) groups is 3. The molecule has 0 bridgehead atoms. The monoisotopic (exact) mass is 284 g/mol. The highest BCUT2D eigenvalue weighted by Crippen LogP contribution is 2.44. The standard InChI is InChI=1S/C8H13O9P/c9-6(10)2-1-4(7(11)12)3-5(8(13)14)18(15,16)17/h4-5H,1-3H2,(H,9,10)(H,11,12)(H,13,14)(H2,15,16,17). The number of hydrogen-bond donors (Lipinski definition) is 5. The highest BCUT2D eigenvalue weighted by molar-refractivity contribution is 7.53. The lowest BCUT2D eigenvalue weighted by Crippen LogP contribution is -2.27. The Hall–Kier alpha value is -1.44. The molecular weight excluding hydrogens is 271 g/mol. The van der Waals surface area contributed by atoms with Crippen molar-refractivity contribution in [1.82, 2.24) is 0 Å². The van der Waals surface area contributed by atoms with Crippen molar-refractivity contribution >= 4 is 25.5 Å². The molecule has 0 radical (unpaired) electrons. The molecule has 9 nitrogen and oxygen atoms in total. The third-order valence-electron chi connectivity index (χ3n) is 2.25. The van der Waals surface area contributed by atoms with E-state index in [4.69, 9.17) is 25.1 Å². The van der Waals surface area contributed by atoms with Crippen LogP contribution in [0.15, 0.2) is 0 Å². The van der Waals surface area contributed by atoms with Gasteiger partial charge in [-0.1, -0.05) is 0 Å². The molecule has 0 aliphatic heterocycles. The van der Waals surface area contributed by atoms with Crippen LogP contribution in [0.5, 0.6) is 0 Å². The van der Waals surface area contributed by atoms with Crippen molar-refractivity contribution < 1.29 is 44.1 Å². The summed E-state index contributed by atoms with van der Waals surface area (Å²) < 4.78 is 10.9. The van der Waals surface area contributed by atoms with Gasteiger partial charge in [0.2, 0.25) is 0 Å². The van der Waals surface area contributed by atoms with Crippen molar-refractivity contribution in [2.45, 2.75) is 24.9 Å². The van der Waals surface area contributed by atoms with Crippen LogP contribution in [0.1, 0.15) is 19.3 Å². The molecule has 2 unspecified atom stereocenters. The molecule has 0 saturated carbocycles. The molecule has 18 heavy (non-hydrogen) atoms. The van der Waals surface area contributed by atoms with Crippen LogP contribution in [-0.4, -0.2) is 48.7 Å². The van der Waals surface area contributed by atoms with Crippen LogP contribution >= 0.6 is 7.60 Å². The minimum atomic E-state index is -4.98. The molecular formula is C8H13O9P. The van der Waals surface area contributed by atoms with Gasteiger partial charge >= 0.3 is 25.5 Å². The summed E-state index contributed by atoms with van der Waals surface area (Å²) in [5, 5.41) is 25.7. The lowest BCUT2D eigenvalue weighted by atomic mass is 9.97. The van der Waals surface area contributed by atoms with E-state index in [0.717, 1.165) is 0 Å². The van der Waals surface area contributed by atoms with Gasteiger partial charge in [0.1, 0.15) is 0 Å². The van der Waals surface area contributed by atoms with E-state index in [1.807, 2.05) is 0 Å². The molecule has 0 aromatic carbocycles. The topological polar surface area (TPSA) is 169 Å². The van der Waals surface area contributed by atoms with Crippen LogP contribution in [0.4, 0.5) is 0 Å². The number of aliphatic carboxylic acids is 3. The second-order valence-corrected chi connectivity index (χ2v) is 5.45. The van der Waals surface area contributed by atoms with Crippen molar-refractivity contribution in [1.29, 1.82) is 0 Å². The molecule has 0 aromatic rings. The van der Waals surface area contributed by atoms with Gasteiger partial charge in [-0.2, -0.15) is 0 Å². The lowest BCUT2D eigenvalue weighted by molar-refractivity contribution is -0.143. The lowest BCUT2D eigenvalue weighted by Gasteiger charge is -2.18. The summed E-state index contributed by atoms with van der Waals surface area (Å²) in [6, 6.07) is 0. The Labute approximate surface area is 101 Å². The average molecular weight is 284 g/mol. The van der Waals surface area contributed by atoms with E-state index in [9.17, 15) is 18.9 Å². The first-order valence-electron chi connectivity index (χ1n) is 4.78. The van der Waals surface area contributed by atoms with Gasteiger partial charge in [-0.15, -0.1) is 0 Å². The molecule has 104 valence electrons. The zero-order valence-corrected chi connectivity index (χ0v) is 9.99. The molecule has 0 aliphatic rings. The van der Waals surface area contributed by atoms with E-state index in [1.54, 1.807) is 0 Å². The second kappa shape index (κ2) is 6.48. The van der Waals surface area contributed by atoms with Gasteiger partial charge in [0.15, 0.2) is 5.66 Å². The predicted molar refractivity (Wildman–Crippen MR) is 56.1 cm³/mol. The number of rotatable bonds is 8. The molecule has 0 saturated heterocycles. The maximum atomic E-state index is 10.9. The predicted octanol–water partition coefficient (Wildman–Crippen LogP) is -0.427. The summed E-state index contributed by atoms with van der Waals surface area (Å²) in [6.07, 6.45) is -1.73. The van der Waals surface area contributed by atoms with Gasteiger partial charge in [0.05, 0.1) is 5.92 Å². The van der Waals surface area contributed by atoms with E-state index in [2.05, 4.69) is 0 Å². The first kappa shape index (κ1) is 16.6. The summed E-state index contributed by atoms with van der Waals surface area (Å²) >= 11 is 0. The Morgan fingerprint density at radius 1 is 1.00 bits per heavy atom. The molecule has 0 spiro atoms. The van der Waals surface area contributed by atoms with Gasteiger partial charge in [-0.05, 0) is 12.8 Å². The molecule has 0 aromatic heterocycles. The SMILES string of the molecule is O=C(O)CCC(CC(C(=O)O)P(=O)(O)O)C(=O)O. The minimum Gasteiger partial charge on any atom is -0.481 e. The Morgan fingerprint density at radius 2 is 1.50 bits per heavy atom. The van der Waals surface area contributed by atoms with Crippen LogP contribution in [0.2, 0.25) is 0 Å².